The molecular weight excluding hydrogens is 572 g/mol. The Kier molecular flexibility index (Phi) is 17.5. The van der Waals surface area contributed by atoms with Crippen LogP contribution >= 0.6 is 0 Å². The Balaban J connectivity index is 1.85. The summed E-state index contributed by atoms with van der Waals surface area (Å²) in [7, 11) is 1.67. The lowest BCUT2D eigenvalue weighted by Crippen LogP contribution is -2.44. The van der Waals surface area contributed by atoms with Crippen LogP contribution in [0.4, 0.5) is 0 Å². The number of hydrogen-bond donors (Lipinski definition) is 4. The quantitative estimate of drug-likeness (QED) is 0.159. The molecule has 0 aliphatic carbocycles. The third-order valence-corrected chi connectivity index (χ3v) is 9.22. The first-order valence-electron chi connectivity index (χ1n) is 16.9. The van der Waals surface area contributed by atoms with E-state index in [-0.39, 0.29) is 47.8 Å². The van der Waals surface area contributed by atoms with Crippen molar-refractivity contribution in [3.63, 3.8) is 0 Å². The third kappa shape index (κ3) is 13.7. The Labute approximate surface area is 271 Å². The molecule has 1 aromatic carbocycles. The molecule has 1 fully saturated rings. The van der Waals surface area contributed by atoms with E-state index >= 15 is 0 Å². The first kappa shape index (κ1) is 38.5. The number of unbranched alkanes of at least 4 members (excludes halogenated alkanes) is 1. The second kappa shape index (κ2) is 20.4. The minimum atomic E-state index is -0.844. The zero-order valence-corrected chi connectivity index (χ0v) is 28.6. The SMILES string of the molecule is COCCCCOc1ccccc1C(=O)NC[C@@H](C[C@H](N)[C@@H](O)C[C@H](C(=O)NCCC1CCN(C(C)=O)CC1)C(C)C)C(C)C. The molecule has 4 atom stereocenters. The van der Waals surface area contributed by atoms with Crippen LogP contribution in [0.2, 0.25) is 0 Å². The van der Waals surface area contributed by atoms with Crippen LogP contribution in [0.3, 0.4) is 0 Å². The van der Waals surface area contributed by atoms with Gasteiger partial charge in [-0.3, -0.25) is 14.4 Å². The fourth-order valence-electron chi connectivity index (χ4n) is 5.91. The highest BCUT2D eigenvalue weighted by Gasteiger charge is 2.30. The number of ether oxygens (including phenoxy) is 2. The van der Waals surface area contributed by atoms with Crippen molar-refractivity contribution < 1.29 is 29.0 Å². The molecule has 3 amide bonds. The number of piperidine rings is 1. The predicted octanol–water partition coefficient (Wildman–Crippen LogP) is 4.00. The molecule has 1 aliphatic heterocycles. The van der Waals surface area contributed by atoms with Crippen LogP contribution in [0, 0.1) is 29.6 Å². The van der Waals surface area contributed by atoms with Crippen LogP contribution in [-0.4, -0.2) is 86.4 Å². The molecule has 0 bridgehead atoms. The van der Waals surface area contributed by atoms with Crippen molar-refractivity contribution in [1.82, 2.24) is 15.5 Å². The van der Waals surface area contributed by atoms with Crippen LogP contribution in [0.25, 0.3) is 0 Å². The number of carbonyl (C=O) groups excluding carboxylic acids is 3. The molecule has 0 unspecified atom stereocenters. The Bertz CT molecular complexity index is 1030. The summed E-state index contributed by atoms with van der Waals surface area (Å²) >= 11 is 0. The molecule has 1 heterocycles. The van der Waals surface area contributed by atoms with Gasteiger partial charge in [-0.15, -0.1) is 0 Å². The van der Waals surface area contributed by atoms with Gasteiger partial charge in [0.25, 0.3) is 5.91 Å². The number of nitrogens with two attached hydrogens (primary N) is 1. The zero-order chi connectivity index (χ0) is 33.4. The summed E-state index contributed by atoms with van der Waals surface area (Å²) in [5.41, 5.74) is 7.00. The summed E-state index contributed by atoms with van der Waals surface area (Å²) in [5, 5.41) is 17.2. The molecule has 0 radical (unpaired) electrons. The van der Waals surface area contributed by atoms with Gasteiger partial charge < -0.3 is 35.8 Å². The van der Waals surface area contributed by atoms with Crippen LogP contribution in [0.1, 0.15) is 89.9 Å². The lowest BCUT2D eigenvalue weighted by Gasteiger charge is -2.32. The lowest BCUT2D eigenvalue weighted by molar-refractivity contribution is -0.130. The van der Waals surface area contributed by atoms with Gasteiger partial charge in [-0.05, 0) is 80.8 Å². The van der Waals surface area contributed by atoms with Crippen LogP contribution in [0.5, 0.6) is 5.75 Å². The number of aliphatic hydroxyl groups is 1. The van der Waals surface area contributed by atoms with E-state index in [0.29, 0.717) is 50.0 Å². The predicted molar refractivity (Wildman–Crippen MR) is 178 cm³/mol. The molecule has 256 valence electrons. The molecule has 10 heteroatoms. The highest BCUT2D eigenvalue weighted by atomic mass is 16.5. The molecule has 45 heavy (non-hydrogen) atoms. The van der Waals surface area contributed by atoms with Gasteiger partial charge in [0.05, 0.1) is 18.3 Å². The summed E-state index contributed by atoms with van der Waals surface area (Å²) in [6, 6.07) is 6.70. The normalized spacial score (nSPS) is 16.7. The van der Waals surface area contributed by atoms with Gasteiger partial charge >= 0.3 is 0 Å². The molecule has 0 spiro atoms. The molecule has 0 aromatic heterocycles. The molecule has 10 nitrogen and oxygen atoms in total. The Morgan fingerprint density at radius 1 is 1.00 bits per heavy atom. The van der Waals surface area contributed by atoms with Crippen molar-refractivity contribution in [2.75, 3.05) is 46.5 Å². The van der Waals surface area contributed by atoms with Gasteiger partial charge in [-0.1, -0.05) is 39.8 Å². The van der Waals surface area contributed by atoms with Crippen molar-refractivity contribution in [2.45, 2.75) is 91.7 Å². The van der Waals surface area contributed by atoms with Gasteiger partial charge in [0.2, 0.25) is 11.8 Å². The molecular formula is C35H60N4O6. The van der Waals surface area contributed by atoms with Gasteiger partial charge in [-0.2, -0.15) is 0 Å². The maximum absolute atomic E-state index is 13.1. The Morgan fingerprint density at radius 3 is 2.29 bits per heavy atom. The molecule has 1 aliphatic rings. The number of nitrogens with one attached hydrogen (secondary N) is 2. The highest BCUT2D eigenvalue weighted by Crippen LogP contribution is 2.25. The Morgan fingerprint density at radius 2 is 1.67 bits per heavy atom. The Hall–Kier alpha value is -2.69. The van der Waals surface area contributed by atoms with Gasteiger partial charge in [0.1, 0.15) is 5.75 Å². The number of carbonyl (C=O) groups is 3. The van der Waals surface area contributed by atoms with E-state index in [1.165, 1.54) is 0 Å². The fourth-order valence-corrected chi connectivity index (χ4v) is 5.91. The molecule has 1 aromatic rings. The van der Waals surface area contributed by atoms with Crippen LogP contribution in [-0.2, 0) is 14.3 Å². The number of methoxy groups -OCH3 is 1. The van der Waals surface area contributed by atoms with E-state index in [9.17, 15) is 19.5 Å². The number of nitrogens with zero attached hydrogens (tertiary/aromatic N) is 1. The van der Waals surface area contributed by atoms with Crippen molar-refractivity contribution in [2.24, 2.45) is 35.3 Å². The van der Waals surface area contributed by atoms with Crippen LogP contribution < -0.4 is 21.1 Å². The monoisotopic (exact) mass is 632 g/mol. The van der Waals surface area contributed by atoms with E-state index in [0.717, 1.165) is 45.2 Å². The minimum absolute atomic E-state index is 0.0430. The third-order valence-electron chi connectivity index (χ3n) is 9.22. The average molecular weight is 633 g/mol. The number of likely N-dealkylation sites (tertiary alicyclic amines) is 1. The summed E-state index contributed by atoms with van der Waals surface area (Å²) < 4.78 is 11.0. The summed E-state index contributed by atoms with van der Waals surface area (Å²) in [6.45, 7) is 13.5. The van der Waals surface area contributed by atoms with E-state index in [4.69, 9.17) is 15.2 Å². The second-order valence-corrected chi connectivity index (χ2v) is 13.3. The summed E-state index contributed by atoms with van der Waals surface area (Å²) in [6.07, 6.45) is 4.49. The maximum Gasteiger partial charge on any atom is 0.255 e. The van der Waals surface area contributed by atoms with E-state index in [1.807, 2.05) is 30.9 Å². The van der Waals surface area contributed by atoms with Gasteiger partial charge in [0.15, 0.2) is 0 Å². The van der Waals surface area contributed by atoms with Crippen LogP contribution in [0.15, 0.2) is 24.3 Å². The van der Waals surface area contributed by atoms with Gasteiger partial charge in [-0.25, -0.2) is 0 Å². The van der Waals surface area contributed by atoms with Crippen molar-refractivity contribution in [3.05, 3.63) is 29.8 Å². The molecule has 5 N–H and O–H groups in total. The fraction of sp³-hybridized carbons (Fsp3) is 0.743. The standard InChI is InChI=1S/C35H60N4O6/c1-24(2)28(23-38-34(42)29-11-7-8-12-33(29)45-20-10-9-19-44-6)21-31(36)32(41)22-30(25(3)4)35(43)37-16-13-27-14-17-39(18-15-27)26(5)40/h7-8,11-12,24-25,27-28,30-32,41H,9-10,13-23,36H2,1-6H3,(H,37,43)(H,38,42)/t28-,30+,31+,32+/m1/s1. The minimum Gasteiger partial charge on any atom is -0.493 e. The number of benzene rings is 1. The first-order valence-corrected chi connectivity index (χ1v) is 16.9. The van der Waals surface area contributed by atoms with E-state index in [1.54, 1.807) is 26.2 Å². The van der Waals surface area contributed by atoms with Crippen molar-refractivity contribution in [3.8, 4) is 5.75 Å². The average Bonchev–Trinajstić information content (AvgIpc) is 3.01. The van der Waals surface area contributed by atoms with E-state index in [2.05, 4.69) is 24.5 Å². The largest absolute Gasteiger partial charge is 0.493 e. The number of para-hydroxylation sites is 1. The smallest absolute Gasteiger partial charge is 0.255 e. The molecule has 2 rings (SSSR count). The highest BCUT2D eigenvalue weighted by molar-refractivity contribution is 5.96. The summed E-state index contributed by atoms with van der Waals surface area (Å²) in [4.78, 5) is 39.7. The number of aliphatic hydroxyl groups excluding tert-OH is 1. The van der Waals surface area contributed by atoms with E-state index < -0.39 is 12.1 Å². The molecule has 0 saturated carbocycles. The van der Waals surface area contributed by atoms with Gasteiger partial charge in [0, 0.05) is 58.8 Å². The second-order valence-electron chi connectivity index (χ2n) is 13.3. The zero-order valence-electron chi connectivity index (χ0n) is 28.6. The number of rotatable bonds is 20. The number of amides is 3. The van der Waals surface area contributed by atoms with Crippen molar-refractivity contribution in [1.29, 1.82) is 0 Å². The van der Waals surface area contributed by atoms with Crippen molar-refractivity contribution >= 4 is 17.7 Å². The summed E-state index contributed by atoms with van der Waals surface area (Å²) in [5.74, 6) is 0.882. The topological polar surface area (TPSA) is 143 Å². The maximum atomic E-state index is 13.1. The molecule has 1 saturated heterocycles. The lowest BCUT2D eigenvalue weighted by atomic mass is 9.83. The number of hydrogen-bond acceptors (Lipinski definition) is 7. The first-order chi connectivity index (χ1) is 21.4.